The Morgan fingerprint density at radius 3 is 2.41 bits per heavy atom. The van der Waals surface area contributed by atoms with Crippen LogP contribution >= 0.6 is 11.6 Å². The third-order valence-corrected chi connectivity index (χ3v) is 6.85. The van der Waals surface area contributed by atoms with Crippen molar-refractivity contribution in [2.45, 2.75) is 51.3 Å². The molecule has 3 rings (SSSR count). The first-order valence-corrected chi connectivity index (χ1v) is 13.4. The molecule has 2 heterocycles. The molecule has 0 unspecified atom stereocenters. The summed E-state index contributed by atoms with van der Waals surface area (Å²) in [6, 6.07) is 5.17. The van der Waals surface area contributed by atoms with E-state index in [-0.39, 0.29) is 34.2 Å². The van der Waals surface area contributed by atoms with E-state index in [4.69, 9.17) is 16.3 Å². The number of sulfonamides is 1. The molecule has 0 aliphatic heterocycles. The molecule has 210 valence electrons. The number of carbonyl (C=O) groups is 2. The van der Waals surface area contributed by atoms with Crippen molar-refractivity contribution in [1.82, 2.24) is 9.55 Å². The van der Waals surface area contributed by atoms with Gasteiger partial charge in [0.15, 0.2) is 5.69 Å². The van der Waals surface area contributed by atoms with E-state index in [1.807, 2.05) is 0 Å². The van der Waals surface area contributed by atoms with Gasteiger partial charge in [-0.2, -0.15) is 13.2 Å². The number of hydrogen-bond acceptors (Lipinski definition) is 6. The molecule has 1 aromatic carbocycles. The summed E-state index contributed by atoms with van der Waals surface area (Å²) in [7, 11) is -4.59. The minimum absolute atomic E-state index is 0.0248. The summed E-state index contributed by atoms with van der Waals surface area (Å²) in [5, 5.41) is -0.0248. The summed E-state index contributed by atoms with van der Waals surface area (Å²) in [4.78, 5) is 30.4. The molecule has 39 heavy (non-hydrogen) atoms. The quantitative estimate of drug-likeness (QED) is 0.373. The molecule has 14 heteroatoms. The zero-order chi connectivity index (χ0) is 29.3. The number of hydrogen-bond donors (Lipinski definition) is 1. The Morgan fingerprint density at radius 2 is 1.82 bits per heavy atom. The molecule has 0 aliphatic carbocycles. The van der Waals surface area contributed by atoms with E-state index in [1.54, 1.807) is 27.7 Å². The summed E-state index contributed by atoms with van der Waals surface area (Å²) in [5.74, 6) is -0.756. The maximum atomic E-state index is 13.5. The normalized spacial score (nSPS) is 12.2. The van der Waals surface area contributed by atoms with E-state index >= 15 is 0 Å². The summed E-state index contributed by atoms with van der Waals surface area (Å²) in [6.45, 7) is 8.05. The Balaban J connectivity index is 1.97. The number of anilines is 2. The topological polar surface area (TPSA) is 111 Å². The second kappa shape index (κ2) is 10.9. The third kappa shape index (κ3) is 7.09. The number of nitrogens with zero attached hydrogens (tertiary/aromatic N) is 3. The van der Waals surface area contributed by atoms with Gasteiger partial charge in [0.25, 0.3) is 15.9 Å². The fraction of sp³-hybridized carbons (Fsp3) is 0.320. The molecule has 1 N–H and O–H groups in total. The van der Waals surface area contributed by atoms with Crippen LogP contribution in [-0.4, -0.2) is 42.1 Å². The van der Waals surface area contributed by atoms with Crippen LogP contribution in [0.2, 0.25) is 5.02 Å². The maximum Gasteiger partial charge on any atom is 0.418 e. The predicted octanol–water partition coefficient (Wildman–Crippen LogP) is 6.11. The average Bonchev–Trinajstić information content (AvgIpc) is 3.27. The third-order valence-electron chi connectivity index (χ3n) is 5.28. The van der Waals surface area contributed by atoms with Crippen LogP contribution in [0, 0.1) is 6.92 Å². The van der Waals surface area contributed by atoms with E-state index in [1.165, 1.54) is 30.3 Å². The molecule has 0 bridgehead atoms. The lowest BCUT2D eigenvalue weighted by atomic mass is 10.1. The Kier molecular flexibility index (Phi) is 8.37. The zero-order valence-electron chi connectivity index (χ0n) is 21.6. The highest BCUT2D eigenvalue weighted by Gasteiger charge is 2.34. The summed E-state index contributed by atoms with van der Waals surface area (Å²) in [5.41, 5.74) is -2.44. The molecule has 9 nitrogen and oxygen atoms in total. The van der Waals surface area contributed by atoms with Crippen molar-refractivity contribution < 1.29 is 35.9 Å². The molecule has 0 spiro atoms. The number of alkyl halides is 3. The SMILES string of the molecule is CCN(C(=O)c1ncc(Cl)cc1NS(=O)(=O)c1ccc(C)c(C(F)(F)F)c1)c1ccn(C(=O)OC(C)(C)C)c1. The molecule has 3 aromatic rings. The number of pyridine rings is 1. The van der Waals surface area contributed by atoms with Gasteiger partial charge in [-0.3, -0.25) is 14.1 Å². The largest absolute Gasteiger partial charge is 0.443 e. The Hall–Kier alpha value is -3.58. The van der Waals surface area contributed by atoms with Crippen molar-refractivity contribution in [3.8, 4) is 0 Å². The van der Waals surface area contributed by atoms with Gasteiger partial charge in [0.05, 0.1) is 26.9 Å². The highest BCUT2D eigenvalue weighted by Crippen LogP contribution is 2.34. The first-order valence-electron chi connectivity index (χ1n) is 11.5. The highest BCUT2D eigenvalue weighted by molar-refractivity contribution is 7.92. The van der Waals surface area contributed by atoms with Crippen LogP contribution in [0.25, 0.3) is 0 Å². The van der Waals surface area contributed by atoms with Gasteiger partial charge >= 0.3 is 12.3 Å². The van der Waals surface area contributed by atoms with Crippen LogP contribution in [0.4, 0.5) is 29.3 Å². The van der Waals surface area contributed by atoms with Crippen LogP contribution in [0.15, 0.2) is 53.8 Å². The first kappa shape index (κ1) is 30.0. The second-order valence-corrected chi connectivity index (χ2v) is 11.6. The number of halogens is 4. The van der Waals surface area contributed by atoms with E-state index in [0.717, 1.165) is 29.0 Å². The number of amides is 1. The maximum absolute atomic E-state index is 13.5. The zero-order valence-corrected chi connectivity index (χ0v) is 23.2. The monoisotopic (exact) mass is 586 g/mol. The van der Waals surface area contributed by atoms with E-state index in [9.17, 15) is 31.2 Å². The Bertz CT molecular complexity index is 1510. The van der Waals surface area contributed by atoms with Gasteiger partial charge in [0.2, 0.25) is 0 Å². The number of carbonyl (C=O) groups excluding carboxylic acids is 2. The summed E-state index contributed by atoms with van der Waals surface area (Å²) in [6.07, 6.45) is -1.56. The van der Waals surface area contributed by atoms with E-state index < -0.39 is 44.3 Å². The highest BCUT2D eigenvalue weighted by atomic mass is 35.5. The number of ether oxygens (including phenoxy) is 1. The second-order valence-electron chi connectivity index (χ2n) is 9.44. The van der Waals surface area contributed by atoms with Crippen molar-refractivity contribution in [2.24, 2.45) is 0 Å². The van der Waals surface area contributed by atoms with E-state index in [0.29, 0.717) is 6.07 Å². The summed E-state index contributed by atoms with van der Waals surface area (Å²) >= 11 is 6.00. The minimum atomic E-state index is -4.77. The number of rotatable bonds is 6. The molecule has 2 aromatic heterocycles. The lowest BCUT2D eigenvalue weighted by molar-refractivity contribution is -0.138. The Labute approximate surface area is 228 Å². The van der Waals surface area contributed by atoms with Crippen molar-refractivity contribution in [2.75, 3.05) is 16.2 Å². The van der Waals surface area contributed by atoms with Crippen LogP contribution < -0.4 is 9.62 Å². The minimum Gasteiger partial charge on any atom is -0.443 e. The van der Waals surface area contributed by atoms with Gasteiger partial charge in [-0.05, 0) is 64.4 Å². The number of aromatic nitrogens is 2. The Morgan fingerprint density at radius 1 is 1.15 bits per heavy atom. The summed E-state index contributed by atoms with van der Waals surface area (Å²) < 4.78 is 74.8. The average molecular weight is 587 g/mol. The van der Waals surface area contributed by atoms with Crippen molar-refractivity contribution in [1.29, 1.82) is 0 Å². The van der Waals surface area contributed by atoms with Crippen molar-refractivity contribution >= 4 is 45.0 Å². The smallest absolute Gasteiger partial charge is 0.418 e. The van der Waals surface area contributed by atoms with Gasteiger partial charge < -0.3 is 9.64 Å². The number of benzene rings is 1. The molecular formula is C25H26ClF3N4O5S. The lowest BCUT2D eigenvalue weighted by Gasteiger charge is -2.21. The number of aryl methyl sites for hydroxylation is 1. The number of nitrogens with one attached hydrogen (secondary N) is 1. The van der Waals surface area contributed by atoms with Gasteiger partial charge in [-0.15, -0.1) is 0 Å². The standard InChI is InChI=1S/C25H26ClF3N4O5S/c1-6-33(17-9-10-32(14-17)23(35)38-24(3,4)5)22(34)21-20(11-16(26)13-30-21)31-39(36,37)18-8-7-15(2)19(12-18)25(27,28)29/h7-14,31H,6H2,1-5H3. The lowest BCUT2D eigenvalue weighted by Crippen LogP contribution is -2.32. The van der Waals surface area contributed by atoms with Crippen molar-refractivity contribution in [3.63, 3.8) is 0 Å². The van der Waals surface area contributed by atoms with Crippen LogP contribution in [0.1, 0.15) is 49.3 Å². The van der Waals surface area contributed by atoms with E-state index in [2.05, 4.69) is 9.71 Å². The van der Waals surface area contributed by atoms with Gasteiger partial charge in [-0.25, -0.2) is 18.2 Å². The fourth-order valence-corrected chi connectivity index (χ4v) is 4.75. The van der Waals surface area contributed by atoms with Gasteiger partial charge in [0, 0.05) is 25.1 Å². The van der Waals surface area contributed by atoms with Crippen LogP contribution in [0.5, 0.6) is 0 Å². The molecule has 0 saturated carbocycles. The van der Waals surface area contributed by atoms with Crippen molar-refractivity contribution in [3.05, 3.63) is 70.8 Å². The van der Waals surface area contributed by atoms with Crippen LogP contribution in [-0.2, 0) is 20.9 Å². The molecule has 0 saturated heterocycles. The van der Waals surface area contributed by atoms with Gasteiger partial charge in [-0.1, -0.05) is 17.7 Å². The predicted molar refractivity (Wildman–Crippen MR) is 140 cm³/mol. The molecular weight excluding hydrogens is 561 g/mol. The molecule has 1 amide bonds. The van der Waals surface area contributed by atoms with Crippen LogP contribution in [0.3, 0.4) is 0 Å². The first-order chi connectivity index (χ1) is 17.9. The molecule has 0 atom stereocenters. The fourth-order valence-electron chi connectivity index (χ4n) is 3.51. The molecule has 0 aliphatic rings. The van der Waals surface area contributed by atoms with Gasteiger partial charge in [0.1, 0.15) is 5.60 Å². The molecule has 0 radical (unpaired) electrons. The molecule has 0 fully saturated rings.